The first kappa shape index (κ1) is 16.0. The minimum atomic E-state index is -0.326. The van der Waals surface area contributed by atoms with Crippen molar-refractivity contribution in [1.82, 2.24) is 10.3 Å². The minimum absolute atomic E-state index is 0. The van der Waals surface area contributed by atoms with Crippen LogP contribution in [0.3, 0.4) is 0 Å². The number of amides is 2. The van der Waals surface area contributed by atoms with Crippen molar-refractivity contribution in [2.75, 3.05) is 18.0 Å². The molecule has 1 atom stereocenters. The Morgan fingerprint density at radius 1 is 1.33 bits per heavy atom. The Labute approximate surface area is 134 Å². The Morgan fingerprint density at radius 3 is 2.67 bits per heavy atom. The van der Waals surface area contributed by atoms with Gasteiger partial charge in [0.05, 0.1) is 6.04 Å². The van der Waals surface area contributed by atoms with Crippen LogP contribution in [0, 0.1) is 0 Å². The predicted octanol–water partition coefficient (Wildman–Crippen LogP) is 1.92. The highest BCUT2D eigenvalue weighted by Gasteiger charge is 2.22. The quantitative estimate of drug-likeness (QED) is 0.812. The highest BCUT2D eigenvalue weighted by Crippen LogP contribution is 2.25. The van der Waals surface area contributed by atoms with Crippen molar-refractivity contribution in [3.8, 4) is 0 Å². The maximum Gasteiger partial charge on any atom is 0.341 e. The summed E-state index contributed by atoms with van der Waals surface area (Å²) in [6, 6.07) is 3.42. The topological polar surface area (TPSA) is 83.6 Å². The Bertz CT molecular complexity index is 557. The number of nitrogens with two attached hydrogens (primary N) is 1. The summed E-state index contributed by atoms with van der Waals surface area (Å²) in [7, 11) is 0. The molecule has 1 unspecified atom stereocenters. The molecule has 2 aliphatic rings. The van der Waals surface area contributed by atoms with Crippen molar-refractivity contribution in [2.45, 2.75) is 24.9 Å². The van der Waals surface area contributed by atoms with Gasteiger partial charge >= 0.3 is 6.03 Å². The fourth-order valence-corrected chi connectivity index (χ4v) is 2.70. The number of nitrogens with zero attached hydrogens (tertiary/aromatic N) is 3. The van der Waals surface area contributed by atoms with Gasteiger partial charge in [0.2, 0.25) is 0 Å². The average Bonchev–Trinajstić information content (AvgIpc) is 2.85. The van der Waals surface area contributed by atoms with Crippen LogP contribution in [0.25, 0.3) is 0 Å². The molecule has 0 aromatic carbocycles. The van der Waals surface area contributed by atoms with Crippen LogP contribution in [-0.2, 0) is 0 Å². The molecule has 3 N–H and O–H groups in total. The van der Waals surface area contributed by atoms with Crippen molar-refractivity contribution < 1.29 is 4.79 Å². The molecule has 0 bridgehead atoms. The number of piperidine rings is 1. The van der Waals surface area contributed by atoms with Crippen molar-refractivity contribution in [1.29, 1.82) is 0 Å². The lowest BCUT2D eigenvalue weighted by molar-refractivity contribution is 0.250. The van der Waals surface area contributed by atoms with E-state index in [1.54, 1.807) is 12.3 Å². The first-order chi connectivity index (χ1) is 9.61. The lowest BCUT2D eigenvalue weighted by Gasteiger charge is -2.31. The molecule has 114 valence electrons. The first-order valence-corrected chi connectivity index (χ1v) is 7.02. The number of aromatic nitrogens is 1. The Kier molecular flexibility index (Phi) is 5.03. The second-order valence-corrected chi connectivity index (χ2v) is 5.50. The van der Waals surface area contributed by atoms with E-state index >= 15 is 0 Å². The third-order valence-electron chi connectivity index (χ3n) is 3.65. The molecule has 0 spiro atoms. The van der Waals surface area contributed by atoms with Crippen LogP contribution in [0.4, 0.5) is 10.6 Å². The molecule has 1 saturated heterocycles. The van der Waals surface area contributed by atoms with Crippen LogP contribution in [-0.4, -0.2) is 36.4 Å². The molecule has 21 heavy (non-hydrogen) atoms. The summed E-state index contributed by atoms with van der Waals surface area (Å²) < 4.78 is 0. The maximum atomic E-state index is 11.2. The Hall–Kier alpha value is -1.37. The minimum Gasteiger partial charge on any atom is -0.356 e. The Balaban J connectivity index is 0.00000161. The summed E-state index contributed by atoms with van der Waals surface area (Å²) in [4.78, 5) is 21.4. The van der Waals surface area contributed by atoms with Gasteiger partial charge in [-0.2, -0.15) is 0 Å². The van der Waals surface area contributed by atoms with Crippen LogP contribution in [0.15, 0.2) is 17.1 Å². The third kappa shape index (κ3) is 3.64. The molecule has 8 heteroatoms. The van der Waals surface area contributed by atoms with E-state index in [1.807, 2.05) is 6.07 Å². The number of nitrogens with one attached hydrogen (secondary N) is 1. The van der Waals surface area contributed by atoms with Gasteiger partial charge in [-0.05, 0) is 30.5 Å². The fourth-order valence-electron chi connectivity index (χ4n) is 2.49. The molecule has 3 rings (SSSR count). The number of pyridine rings is 1. The molecular weight excluding hydrogens is 313 g/mol. The summed E-state index contributed by atoms with van der Waals surface area (Å²) in [5.41, 5.74) is 6.80. The van der Waals surface area contributed by atoms with E-state index in [2.05, 4.69) is 20.2 Å². The van der Waals surface area contributed by atoms with E-state index in [9.17, 15) is 4.79 Å². The zero-order valence-electron chi connectivity index (χ0n) is 11.3. The van der Waals surface area contributed by atoms with Crippen molar-refractivity contribution in [2.24, 2.45) is 10.7 Å². The van der Waals surface area contributed by atoms with E-state index in [0.29, 0.717) is 5.15 Å². The molecular formula is C13H17Cl2N5O. The average molecular weight is 330 g/mol. The maximum absolute atomic E-state index is 11.2. The van der Waals surface area contributed by atoms with E-state index in [-0.39, 0.29) is 30.5 Å². The summed E-state index contributed by atoms with van der Waals surface area (Å²) in [5.74, 6) is 0.828. The molecule has 3 heterocycles. The van der Waals surface area contributed by atoms with Gasteiger partial charge in [0, 0.05) is 25.3 Å². The van der Waals surface area contributed by atoms with Gasteiger partial charge in [-0.3, -0.25) is 0 Å². The number of halogens is 2. The zero-order chi connectivity index (χ0) is 14.1. The lowest BCUT2D eigenvalue weighted by atomic mass is 10.1. The molecule has 6 nitrogen and oxygen atoms in total. The third-order valence-corrected chi connectivity index (χ3v) is 3.84. The molecule has 1 aromatic heterocycles. The summed E-state index contributed by atoms with van der Waals surface area (Å²) in [6.45, 7) is 1.75. The molecule has 1 fully saturated rings. The summed E-state index contributed by atoms with van der Waals surface area (Å²) >= 11 is 6.09. The van der Waals surface area contributed by atoms with Crippen LogP contribution in [0.2, 0.25) is 5.15 Å². The smallest absolute Gasteiger partial charge is 0.341 e. The van der Waals surface area contributed by atoms with Gasteiger partial charge in [0.1, 0.15) is 11.0 Å². The van der Waals surface area contributed by atoms with Crippen LogP contribution in [0.1, 0.15) is 24.4 Å². The van der Waals surface area contributed by atoms with Gasteiger partial charge < -0.3 is 16.0 Å². The second kappa shape index (κ2) is 6.60. The molecule has 2 aliphatic heterocycles. The largest absolute Gasteiger partial charge is 0.356 e. The van der Waals surface area contributed by atoms with Gasteiger partial charge in [-0.25, -0.2) is 14.8 Å². The van der Waals surface area contributed by atoms with Gasteiger partial charge in [0.25, 0.3) is 0 Å². The monoisotopic (exact) mass is 329 g/mol. The zero-order valence-corrected chi connectivity index (χ0v) is 12.9. The molecule has 2 amide bonds. The number of urea groups is 1. The van der Waals surface area contributed by atoms with E-state index in [4.69, 9.17) is 17.3 Å². The second-order valence-electron chi connectivity index (χ2n) is 5.11. The lowest BCUT2D eigenvalue weighted by Crippen LogP contribution is -2.40. The highest BCUT2D eigenvalue weighted by molar-refractivity contribution is 6.29. The fraction of sp³-hybridized carbons (Fsp3) is 0.462. The van der Waals surface area contributed by atoms with E-state index in [1.165, 1.54) is 0 Å². The van der Waals surface area contributed by atoms with Crippen molar-refractivity contribution in [3.05, 3.63) is 22.8 Å². The van der Waals surface area contributed by atoms with Crippen LogP contribution in [0.5, 0.6) is 0 Å². The van der Waals surface area contributed by atoms with Gasteiger partial charge in [0.15, 0.2) is 0 Å². The van der Waals surface area contributed by atoms with Gasteiger partial charge in [-0.15, -0.1) is 12.4 Å². The number of carbonyl (C=O) groups is 1. The Morgan fingerprint density at radius 2 is 2.05 bits per heavy atom. The van der Waals surface area contributed by atoms with Crippen LogP contribution >= 0.6 is 24.0 Å². The van der Waals surface area contributed by atoms with Crippen molar-refractivity contribution >= 4 is 42.1 Å². The molecule has 0 saturated carbocycles. The highest BCUT2D eigenvalue weighted by atomic mass is 35.5. The normalized spacial score (nSPS) is 22.1. The SMILES string of the molecule is Cl.NC1CCN(c2cc(C3C=NC(=O)N3)cc(Cl)n2)CC1. The molecule has 0 aliphatic carbocycles. The molecule has 1 aromatic rings. The number of hydrogen-bond acceptors (Lipinski definition) is 4. The van der Waals surface area contributed by atoms with Crippen LogP contribution < -0.4 is 16.0 Å². The first-order valence-electron chi connectivity index (χ1n) is 6.64. The standard InChI is InChI=1S/C13H16ClN5O.ClH/c14-11-5-8(10-7-16-13(20)17-10)6-12(18-11)19-3-1-9(15)2-4-19;/h5-7,9-10H,1-4,15H2,(H,17,20);1H. The van der Waals surface area contributed by atoms with Crippen molar-refractivity contribution in [3.63, 3.8) is 0 Å². The summed E-state index contributed by atoms with van der Waals surface area (Å²) in [5, 5.41) is 3.17. The number of hydrogen-bond donors (Lipinski definition) is 2. The number of aliphatic imine (C=N–C) groups is 1. The summed E-state index contributed by atoms with van der Waals surface area (Å²) in [6.07, 6.45) is 3.49. The molecule has 0 radical (unpaired) electrons. The number of carbonyl (C=O) groups excluding carboxylic acids is 1. The predicted molar refractivity (Wildman–Crippen MR) is 85.7 cm³/mol. The number of anilines is 1. The van der Waals surface area contributed by atoms with E-state index in [0.717, 1.165) is 37.3 Å². The van der Waals surface area contributed by atoms with E-state index < -0.39 is 0 Å². The number of rotatable bonds is 2. The van der Waals surface area contributed by atoms with Gasteiger partial charge in [-0.1, -0.05) is 11.6 Å².